The minimum atomic E-state index is 0.0543. The van der Waals surface area contributed by atoms with Gasteiger partial charge in [-0.25, -0.2) is 0 Å². The molecule has 1 amide bonds. The number of pyridine rings is 1. The molecule has 2 N–H and O–H groups in total. The first-order valence-electron chi connectivity index (χ1n) is 5.69. The molecule has 0 spiro atoms. The number of rotatable bonds is 3. The minimum absolute atomic E-state index is 0.0543. The van der Waals surface area contributed by atoms with E-state index in [0.717, 1.165) is 31.6 Å². The number of aromatic nitrogens is 1. The van der Waals surface area contributed by atoms with Crippen molar-refractivity contribution in [1.82, 2.24) is 9.88 Å². The molecule has 86 valence electrons. The Morgan fingerprint density at radius 2 is 2.38 bits per heavy atom. The van der Waals surface area contributed by atoms with Gasteiger partial charge in [-0.1, -0.05) is 6.07 Å². The van der Waals surface area contributed by atoms with Gasteiger partial charge in [0.05, 0.1) is 0 Å². The molecule has 1 atom stereocenters. The summed E-state index contributed by atoms with van der Waals surface area (Å²) >= 11 is 0. The maximum absolute atomic E-state index is 11.7. The van der Waals surface area contributed by atoms with E-state index in [1.807, 2.05) is 23.1 Å². The van der Waals surface area contributed by atoms with Crippen molar-refractivity contribution in [3.8, 4) is 0 Å². The first-order chi connectivity index (χ1) is 7.75. The molecule has 0 aromatic carbocycles. The van der Waals surface area contributed by atoms with Crippen LogP contribution in [0.5, 0.6) is 0 Å². The summed E-state index contributed by atoms with van der Waals surface area (Å²) in [4.78, 5) is 17.8. The molecule has 1 fully saturated rings. The largest absolute Gasteiger partial charge is 0.342 e. The van der Waals surface area contributed by atoms with E-state index < -0.39 is 0 Å². The fourth-order valence-electron chi connectivity index (χ4n) is 1.93. The van der Waals surface area contributed by atoms with Crippen LogP contribution in [0, 0.1) is 0 Å². The Balaban J connectivity index is 1.84. The molecule has 2 heterocycles. The molecule has 0 bridgehead atoms. The van der Waals surface area contributed by atoms with Gasteiger partial charge in [-0.2, -0.15) is 0 Å². The number of likely N-dealkylation sites (tertiary alicyclic amines) is 1. The average molecular weight is 219 g/mol. The van der Waals surface area contributed by atoms with Crippen LogP contribution in [0.2, 0.25) is 0 Å². The first kappa shape index (κ1) is 11.1. The summed E-state index contributed by atoms with van der Waals surface area (Å²) < 4.78 is 0. The molecule has 4 nitrogen and oxygen atoms in total. The van der Waals surface area contributed by atoms with Crippen LogP contribution in [0.4, 0.5) is 0 Å². The maximum atomic E-state index is 11.7. The highest BCUT2D eigenvalue weighted by atomic mass is 16.2. The molecule has 0 saturated carbocycles. The Kier molecular flexibility index (Phi) is 3.51. The van der Waals surface area contributed by atoms with E-state index in [1.54, 1.807) is 6.20 Å². The van der Waals surface area contributed by atoms with Gasteiger partial charge in [0.2, 0.25) is 5.91 Å². The van der Waals surface area contributed by atoms with Crippen LogP contribution in [-0.4, -0.2) is 34.9 Å². The van der Waals surface area contributed by atoms with Crippen LogP contribution in [0.3, 0.4) is 0 Å². The van der Waals surface area contributed by atoms with Crippen molar-refractivity contribution in [3.63, 3.8) is 0 Å². The number of piperidine rings is 1. The topological polar surface area (TPSA) is 59.2 Å². The maximum Gasteiger partial charge on any atom is 0.224 e. The Bertz CT molecular complexity index is 353. The van der Waals surface area contributed by atoms with E-state index in [9.17, 15) is 4.79 Å². The van der Waals surface area contributed by atoms with Crippen molar-refractivity contribution in [1.29, 1.82) is 0 Å². The van der Waals surface area contributed by atoms with E-state index in [-0.39, 0.29) is 11.9 Å². The van der Waals surface area contributed by atoms with Gasteiger partial charge in [0.1, 0.15) is 0 Å². The van der Waals surface area contributed by atoms with Crippen molar-refractivity contribution in [3.05, 3.63) is 30.1 Å². The lowest BCUT2D eigenvalue weighted by molar-refractivity contribution is -0.133. The zero-order valence-electron chi connectivity index (χ0n) is 9.30. The Morgan fingerprint density at radius 1 is 1.50 bits per heavy atom. The normalized spacial score (nSPS) is 21.2. The Morgan fingerprint density at radius 3 is 3.06 bits per heavy atom. The number of nitrogens with zero attached hydrogens (tertiary/aromatic N) is 2. The fourth-order valence-corrected chi connectivity index (χ4v) is 1.93. The predicted octanol–water partition coefficient (Wildman–Crippen LogP) is 0.574. The van der Waals surface area contributed by atoms with E-state index in [0.29, 0.717) is 6.42 Å². The van der Waals surface area contributed by atoms with Gasteiger partial charge in [0.25, 0.3) is 0 Å². The third-order valence-electron chi connectivity index (χ3n) is 2.92. The predicted molar refractivity (Wildman–Crippen MR) is 61.7 cm³/mol. The van der Waals surface area contributed by atoms with Crippen LogP contribution in [0.15, 0.2) is 24.4 Å². The van der Waals surface area contributed by atoms with Gasteiger partial charge in [-0.3, -0.25) is 9.78 Å². The lowest BCUT2D eigenvalue weighted by Crippen LogP contribution is -2.44. The second kappa shape index (κ2) is 5.07. The molecule has 1 aliphatic rings. The molecule has 1 aromatic heterocycles. The van der Waals surface area contributed by atoms with Gasteiger partial charge in [-0.05, 0) is 18.6 Å². The van der Waals surface area contributed by atoms with Crippen molar-refractivity contribution in [2.75, 3.05) is 13.1 Å². The van der Waals surface area contributed by atoms with E-state index in [2.05, 4.69) is 4.98 Å². The minimum Gasteiger partial charge on any atom is -0.342 e. The molecule has 2 rings (SSSR count). The summed E-state index contributed by atoms with van der Waals surface area (Å²) in [6.07, 6.45) is 4.00. The monoisotopic (exact) mass is 219 g/mol. The molecule has 4 heteroatoms. The molecular weight excluding hydrogens is 202 g/mol. The smallest absolute Gasteiger partial charge is 0.224 e. The number of amides is 1. The van der Waals surface area contributed by atoms with Crippen molar-refractivity contribution in [2.45, 2.75) is 25.3 Å². The van der Waals surface area contributed by atoms with Gasteiger partial charge in [-0.15, -0.1) is 0 Å². The Hall–Kier alpha value is -1.42. The number of carbonyl (C=O) groups is 1. The number of nitrogens with two attached hydrogens (primary N) is 1. The first-order valence-corrected chi connectivity index (χ1v) is 5.69. The van der Waals surface area contributed by atoms with E-state index in [4.69, 9.17) is 5.73 Å². The van der Waals surface area contributed by atoms with Crippen LogP contribution in [-0.2, 0) is 11.2 Å². The lowest BCUT2D eigenvalue weighted by Gasteiger charge is -2.29. The standard InChI is InChI=1S/C12H17N3O/c13-10-4-7-15(12(16)9-10)8-5-11-3-1-2-6-14-11/h1-3,6,10H,4-5,7-9,13H2. The zero-order chi connectivity index (χ0) is 11.4. The number of hydrogen-bond donors (Lipinski definition) is 1. The molecular formula is C12H17N3O. The highest BCUT2D eigenvalue weighted by Crippen LogP contribution is 2.10. The van der Waals surface area contributed by atoms with Gasteiger partial charge < -0.3 is 10.6 Å². The third-order valence-corrected chi connectivity index (χ3v) is 2.92. The average Bonchev–Trinajstić information content (AvgIpc) is 2.29. The van der Waals surface area contributed by atoms with Crippen LogP contribution in [0.1, 0.15) is 18.5 Å². The number of hydrogen-bond acceptors (Lipinski definition) is 3. The van der Waals surface area contributed by atoms with Crippen LogP contribution in [0.25, 0.3) is 0 Å². The van der Waals surface area contributed by atoms with Gasteiger partial charge in [0, 0.05) is 43.9 Å². The van der Waals surface area contributed by atoms with Gasteiger partial charge in [0.15, 0.2) is 0 Å². The SMILES string of the molecule is NC1CCN(CCc2ccccn2)C(=O)C1. The summed E-state index contributed by atoms with van der Waals surface area (Å²) in [6, 6.07) is 5.91. The van der Waals surface area contributed by atoms with Crippen molar-refractivity contribution >= 4 is 5.91 Å². The summed E-state index contributed by atoms with van der Waals surface area (Å²) in [6.45, 7) is 1.54. The molecule has 1 aromatic rings. The second-order valence-electron chi connectivity index (χ2n) is 4.20. The zero-order valence-corrected chi connectivity index (χ0v) is 9.30. The van der Waals surface area contributed by atoms with E-state index in [1.165, 1.54) is 0 Å². The molecule has 0 radical (unpaired) electrons. The van der Waals surface area contributed by atoms with Crippen LogP contribution < -0.4 is 5.73 Å². The number of carbonyl (C=O) groups excluding carboxylic acids is 1. The highest BCUT2D eigenvalue weighted by Gasteiger charge is 2.22. The molecule has 0 aliphatic carbocycles. The quantitative estimate of drug-likeness (QED) is 0.808. The van der Waals surface area contributed by atoms with Crippen LogP contribution >= 0.6 is 0 Å². The summed E-state index contributed by atoms with van der Waals surface area (Å²) in [5.74, 6) is 0.176. The van der Waals surface area contributed by atoms with Crippen molar-refractivity contribution in [2.24, 2.45) is 5.73 Å². The second-order valence-corrected chi connectivity index (χ2v) is 4.20. The molecule has 1 unspecified atom stereocenters. The molecule has 16 heavy (non-hydrogen) atoms. The Labute approximate surface area is 95.5 Å². The summed E-state index contributed by atoms with van der Waals surface area (Å²) in [5.41, 5.74) is 6.77. The third kappa shape index (κ3) is 2.79. The molecule has 1 saturated heterocycles. The van der Waals surface area contributed by atoms with E-state index >= 15 is 0 Å². The lowest BCUT2D eigenvalue weighted by atomic mass is 10.1. The summed E-state index contributed by atoms with van der Waals surface area (Å²) in [7, 11) is 0. The van der Waals surface area contributed by atoms with Gasteiger partial charge >= 0.3 is 0 Å². The summed E-state index contributed by atoms with van der Waals surface area (Å²) in [5, 5.41) is 0. The molecule has 1 aliphatic heterocycles. The van der Waals surface area contributed by atoms with Crippen molar-refractivity contribution < 1.29 is 4.79 Å². The highest BCUT2D eigenvalue weighted by molar-refractivity contribution is 5.77. The fraction of sp³-hybridized carbons (Fsp3) is 0.500.